The minimum absolute atomic E-state index is 0.0186. The van der Waals surface area contributed by atoms with Crippen LogP contribution in [0.1, 0.15) is 44.2 Å². The highest BCUT2D eigenvalue weighted by Gasteiger charge is 2.41. The average Bonchev–Trinajstić information content (AvgIpc) is 2.59. The van der Waals surface area contributed by atoms with E-state index in [4.69, 9.17) is 4.74 Å². The number of ether oxygens (including phenoxy) is 1. The summed E-state index contributed by atoms with van der Waals surface area (Å²) < 4.78 is 5.48. The van der Waals surface area contributed by atoms with Gasteiger partial charge in [0, 0.05) is 25.6 Å². The average molecular weight is 318 g/mol. The number of rotatable bonds is 6. The van der Waals surface area contributed by atoms with Crippen LogP contribution in [0.3, 0.4) is 0 Å². The number of amides is 2. The van der Waals surface area contributed by atoms with Crippen LogP contribution in [0.5, 0.6) is 5.75 Å². The molecule has 1 N–H and O–H groups in total. The van der Waals surface area contributed by atoms with E-state index in [1.807, 2.05) is 29.2 Å². The number of nitrogens with one attached hydrogen (secondary N) is 1. The summed E-state index contributed by atoms with van der Waals surface area (Å²) in [5.41, 5.74) is 0.910. The van der Waals surface area contributed by atoms with Crippen LogP contribution in [-0.4, -0.2) is 37.4 Å². The second kappa shape index (κ2) is 7.99. The van der Waals surface area contributed by atoms with Gasteiger partial charge >= 0.3 is 0 Å². The lowest BCUT2D eigenvalue weighted by Crippen LogP contribution is -2.48. The Morgan fingerprint density at radius 3 is 2.78 bits per heavy atom. The van der Waals surface area contributed by atoms with Gasteiger partial charge in [0.2, 0.25) is 11.8 Å². The fourth-order valence-electron chi connectivity index (χ4n) is 3.30. The van der Waals surface area contributed by atoms with Crippen molar-refractivity contribution in [1.29, 1.82) is 0 Å². The maximum absolute atomic E-state index is 12.5. The zero-order chi connectivity index (χ0) is 16.8. The molecular weight excluding hydrogens is 292 g/mol. The van der Waals surface area contributed by atoms with E-state index in [0.29, 0.717) is 19.4 Å². The van der Waals surface area contributed by atoms with E-state index in [1.165, 1.54) is 0 Å². The molecule has 1 aliphatic rings. The second-order valence-corrected chi connectivity index (χ2v) is 5.89. The zero-order valence-electron chi connectivity index (χ0n) is 14.2. The third-order valence-corrected chi connectivity index (χ3v) is 4.50. The molecule has 0 aromatic heterocycles. The molecule has 126 valence electrons. The monoisotopic (exact) mass is 318 g/mol. The molecule has 0 spiro atoms. The van der Waals surface area contributed by atoms with E-state index in [2.05, 4.69) is 12.2 Å². The van der Waals surface area contributed by atoms with E-state index in [9.17, 15) is 9.59 Å². The second-order valence-electron chi connectivity index (χ2n) is 5.89. The molecule has 1 aliphatic heterocycles. The van der Waals surface area contributed by atoms with Crippen LogP contribution in [0.25, 0.3) is 0 Å². The Hall–Kier alpha value is -2.04. The molecule has 1 aromatic carbocycles. The van der Waals surface area contributed by atoms with Gasteiger partial charge in [-0.05, 0) is 18.9 Å². The number of carbonyl (C=O) groups is 2. The van der Waals surface area contributed by atoms with Gasteiger partial charge in [-0.3, -0.25) is 9.59 Å². The summed E-state index contributed by atoms with van der Waals surface area (Å²) in [6.07, 6.45) is 2.93. The summed E-state index contributed by atoms with van der Waals surface area (Å²) in [5.74, 6) is 0.581. The standard InChI is InChI=1S/C18H26N2O3/c1-4-5-12-20-16(21)11-10-14(18(22)19-2)17(20)13-8-6-7-9-15(13)23-3/h6-9,14,17H,4-5,10-12H2,1-3H3,(H,19,22)/t14-,17+/m1/s1. The number of piperidine rings is 1. The number of methoxy groups -OCH3 is 1. The molecule has 0 radical (unpaired) electrons. The molecule has 1 aromatic rings. The van der Waals surface area contributed by atoms with Crippen molar-refractivity contribution in [2.45, 2.75) is 38.6 Å². The fourth-order valence-corrected chi connectivity index (χ4v) is 3.30. The summed E-state index contributed by atoms with van der Waals surface area (Å²) >= 11 is 0. The van der Waals surface area contributed by atoms with Crippen molar-refractivity contribution in [1.82, 2.24) is 10.2 Å². The highest BCUT2D eigenvalue weighted by molar-refractivity contribution is 5.85. The third-order valence-electron chi connectivity index (χ3n) is 4.50. The Kier molecular flexibility index (Phi) is 6.02. The fraction of sp³-hybridized carbons (Fsp3) is 0.556. The van der Waals surface area contributed by atoms with Crippen LogP contribution >= 0.6 is 0 Å². The molecule has 0 saturated carbocycles. The van der Waals surface area contributed by atoms with Crippen molar-refractivity contribution in [2.75, 3.05) is 20.7 Å². The highest BCUT2D eigenvalue weighted by Crippen LogP contribution is 2.40. The molecule has 1 heterocycles. The van der Waals surface area contributed by atoms with Crippen LogP contribution in [0.4, 0.5) is 0 Å². The number of para-hydroxylation sites is 1. The number of carbonyl (C=O) groups excluding carboxylic acids is 2. The number of hydrogen-bond acceptors (Lipinski definition) is 3. The van der Waals surface area contributed by atoms with E-state index >= 15 is 0 Å². The van der Waals surface area contributed by atoms with Crippen LogP contribution in [0.2, 0.25) is 0 Å². The Bertz CT molecular complexity index is 559. The summed E-state index contributed by atoms with van der Waals surface area (Å²) in [7, 11) is 3.27. The lowest BCUT2D eigenvalue weighted by atomic mass is 9.83. The van der Waals surface area contributed by atoms with Gasteiger partial charge in [0.05, 0.1) is 19.1 Å². The quantitative estimate of drug-likeness (QED) is 0.877. The lowest BCUT2D eigenvalue weighted by molar-refractivity contribution is -0.143. The normalized spacial score (nSPS) is 21.2. The molecule has 0 unspecified atom stereocenters. The number of nitrogens with zero attached hydrogens (tertiary/aromatic N) is 1. The van der Waals surface area contributed by atoms with E-state index < -0.39 is 0 Å². The molecule has 2 rings (SSSR count). The summed E-state index contributed by atoms with van der Waals surface area (Å²) in [4.78, 5) is 26.7. The van der Waals surface area contributed by atoms with Gasteiger partial charge in [0.25, 0.3) is 0 Å². The first-order chi connectivity index (χ1) is 11.1. The first kappa shape index (κ1) is 17.3. The first-order valence-electron chi connectivity index (χ1n) is 8.28. The number of hydrogen-bond donors (Lipinski definition) is 1. The minimum Gasteiger partial charge on any atom is -0.496 e. The highest BCUT2D eigenvalue weighted by atomic mass is 16.5. The summed E-state index contributed by atoms with van der Waals surface area (Å²) in [6.45, 7) is 2.77. The molecule has 23 heavy (non-hydrogen) atoms. The van der Waals surface area contributed by atoms with E-state index in [-0.39, 0.29) is 23.8 Å². The van der Waals surface area contributed by atoms with E-state index in [1.54, 1.807) is 14.2 Å². The zero-order valence-corrected chi connectivity index (χ0v) is 14.2. The van der Waals surface area contributed by atoms with Crippen molar-refractivity contribution in [2.24, 2.45) is 5.92 Å². The third kappa shape index (κ3) is 3.66. The van der Waals surface area contributed by atoms with Gasteiger partial charge in [-0.15, -0.1) is 0 Å². The van der Waals surface area contributed by atoms with Crippen LogP contribution < -0.4 is 10.1 Å². The molecule has 1 fully saturated rings. The van der Waals surface area contributed by atoms with E-state index in [0.717, 1.165) is 24.2 Å². The largest absolute Gasteiger partial charge is 0.496 e. The Balaban J connectivity index is 2.45. The topological polar surface area (TPSA) is 58.6 Å². The van der Waals surface area contributed by atoms with Gasteiger partial charge < -0.3 is 15.0 Å². The Labute approximate surface area is 138 Å². The molecule has 0 bridgehead atoms. The van der Waals surface area contributed by atoms with Gasteiger partial charge in [-0.25, -0.2) is 0 Å². The van der Waals surface area contributed by atoms with Crippen LogP contribution in [-0.2, 0) is 9.59 Å². The van der Waals surface area contributed by atoms with Crippen molar-refractivity contribution in [3.05, 3.63) is 29.8 Å². The van der Waals surface area contributed by atoms with Crippen molar-refractivity contribution < 1.29 is 14.3 Å². The number of unbranched alkanes of at least 4 members (excludes halogenated alkanes) is 1. The first-order valence-corrected chi connectivity index (χ1v) is 8.28. The maximum atomic E-state index is 12.5. The van der Waals surface area contributed by atoms with Crippen molar-refractivity contribution in [3.63, 3.8) is 0 Å². The Morgan fingerprint density at radius 2 is 2.13 bits per heavy atom. The molecule has 2 atom stereocenters. The molecule has 1 saturated heterocycles. The van der Waals surface area contributed by atoms with Crippen LogP contribution in [0, 0.1) is 5.92 Å². The predicted molar refractivity (Wildman–Crippen MR) is 89.1 cm³/mol. The van der Waals surface area contributed by atoms with Gasteiger partial charge in [-0.2, -0.15) is 0 Å². The molecule has 5 heteroatoms. The summed E-state index contributed by atoms with van der Waals surface area (Å²) in [6, 6.07) is 7.40. The van der Waals surface area contributed by atoms with Crippen molar-refractivity contribution >= 4 is 11.8 Å². The van der Waals surface area contributed by atoms with Crippen molar-refractivity contribution in [3.8, 4) is 5.75 Å². The number of benzene rings is 1. The van der Waals surface area contributed by atoms with Gasteiger partial charge in [-0.1, -0.05) is 31.5 Å². The molecule has 5 nitrogen and oxygen atoms in total. The maximum Gasteiger partial charge on any atom is 0.225 e. The van der Waals surface area contributed by atoms with Crippen LogP contribution in [0.15, 0.2) is 24.3 Å². The smallest absolute Gasteiger partial charge is 0.225 e. The van der Waals surface area contributed by atoms with Gasteiger partial charge in [0.15, 0.2) is 0 Å². The number of likely N-dealkylation sites (tertiary alicyclic amines) is 1. The minimum atomic E-state index is -0.265. The molecule has 0 aliphatic carbocycles. The van der Waals surface area contributed by atoms with Gasteiger partial charge in [0.1, 0.15) is 5.75 Å². The SMILES string of the molecule is CCCCN1C(=O)CC[C@@H](C(=O)NC)[C@@H]1c1ccccc1OC. The predicted octanol–water partition coefficient (Wildman–Crippen LogP) is 2.52. The Morgan fingerprint density at radius 1 is 1.39 bits per heavy atom. The lowest BCUT2D eigenvalue weighted by Gasteiger charge is -2.41. The molecule has 2 amide bonds. The summed E-state index contributed by atoms with van der Waals surface area (Å²) in [5, 5.41) is 2.75. The molecular formula is C18H26N2O3.